The topological polar surface area (TPSA) is 86.8 Å². The van der Waals surface area contributed by atoms with Gasteiger partial charge in [-0.05, 0) is 49.9 Å². The first-order valence-electron chi connectivity index (χ1n) is 10.4. The number of nitrogens with one attached hydrogen (secondary N) is 1. The molecule has 0 aromatic heterocycles. The predicted molar refractivity (Wildman–Crippen MR) is 112 cm³/mol. The van der Waals surface area contributed by atoms with E-state index < -0.39 is 10.0 Å². The minimum atomic E-state index is -3.79. The molecule has 1 aromatic carbocycles. The van der Waals surface area contributed by atoms with Gasteiger partial charge in [0.05, 0.1) is 11.4 Å². The monoisotopic (exact) mass is 421 g/mol. The van der Waals surface area contributed by atoms with Crippen LogP contribution in [0.25, 0.3) is 0 Å². The van der Waals surface area contributed by atoms with Crippen LogP contribution in [-0.2, 0) is 26.0 Å². The highest BCUT2D eigenvalue weighted by atomic mass is 32.2. The van der Waals surface area contributed by atoms with E-state index in [4.69, 9.17) is 0 Å². The van der Waals surface area contributed by atoms with Gasteiger partial charge >= 0.3 is 0 Å². The number of fused-ring (bicyclic) bond motifs is 1. The van der Waals surface area contributed by atoms with E-state index in [1.54, 1.807) is 17.0 Å². The summed E-state index contributed by atoms with van der Waals surface area (Å²) in [6, 6.07) is 4.97. The van der Waals surface area contributed by atoms with Crippen molar-refractivity contribution in [2.24, 2.45) is 0 Å². The zero-order chi connectivity index (χ0) is 21.2. The van der Waals surface area contributed by atoms with Gasteiger partial charge in [-0.25, -0.2) is 8.42 Å². The third kappa shape index (κ3) is 4.80. The van der Waals surface area contributed by atoms with Crippen molar-refractivity contribution in [1.29, 1.82) is 0 Å². The molecule has 2 aliphatic rings. The third-order valence-corrected chi connectivity index (χ3v) is 7.70. The molecule has 1 N–H and O–H groups in total. The molecule has 1 unspecified atom stereocenters. The van der Waals surface area contributed by atoms with Crippen LogP contribution in [-0.4, -0.2) is 50.2 Å². The molecule has 8 heteroatoms. The highest BCUT2D eigenvalue weighted by Crippen LogP contribution is 2.34. The molecule has 1 heterocycles. The van der Waals surface area contributed by atoms with E-state index in [0.717, 1.165) is 41.2 Å². The van der Waals surface area contributed by atoms with Crippen LogP contribution in [0.1, 0.15) is 57.9 Å². The van der Waals surface area contributed by atoms with Gasteiger partial charge in [0.15, 0.2) is 0 Å². The largest absolute Gasteiger partial charge is 0.352 e. The number of likely N-dealkylation sites (N-methyl/N-ethyl adjacent to an activating group) is 1. The number of hydrogen-bond acceptors (Lipinski definition) is 4. The number of hydrogen-bond donors (Lipinski definition) is 1. The van der Waals surface area contributed by atoms with Gasteiger partial charge in [0.2, 0.25) is 21.8 Å². The molecule has 0 bridgehead atoms. The van der Waals surface area contributed by atoms with E-state index >= 15 is 0 Å². The van der Waals surface area contributed by atoms with E-state index in [9.17, 15) is 18.0 Å². The van der Waals surface area contributed by atoms with E-state index in [2.05, 4.69) is 5.32 Å². The van der Waals surface area contributed by atoms with Crippen LogP contribution in [0.5, 0.6) is 0 Å². The molecule has 1 atom stereocenters. The number of rotatable bonds is 5. The summed E-state index contributed by atoms with van der Waals surface area (Å²) in [4.78, 5) is 26.1. The average molecular weight is 422 g/mol. The summed E-state index contributed by atoms with van der Waals surface area (Å²) in [6.07, 6.45) is 7.12. The number of carbonyl (C=O) groups excluding carboxylic acids is 2. The number of amides is 2. The molecule has 0 saturated heterocycles. The van der Waals surface area contributed by atoms with Crippen molar-refractivity contribution in [2.45, 2.75) is 75.8 Å². The van der Waals surface area contributed by atoms with Crippen LogP contribution in [0.3, 0.4) is 0 Å². The molecule has 1 fully saturated rings. The quantitative estimate of drug-likeness (QED) is 0.740. The number of nitrogens with zero attached hydrogens (tertiary/aromatic N) is 2. The van der Waals surface area contributed by atoms with Crippen LogP contribution in [0.4, 0.5) is 5.69 Å². The van der Waals surface area contributed by atoms with E-state index in [0.29, 0.717) is 6.42 Å². The second-order valence-corrected chi connectivity index (χ2v) is 10.3. The fourth-order valence-electron chi connectivity index (χ4n) is 4.41. The Kier molecular flexibility index (Phi) is 6.63. The standard InChI is InChI=1S/C21H31N3O4S/c1-15-12-17-13-19(10-11-20(17)24(15)16(2)25)29(27,28)23(3)14-21(26)22-18-8-6-4-5-7-9-18/h10-11,13,15,18H,4-9,12,14H2,1-3H3,(H,22,26). The maximum atomic E-state index is 13.0. The minimum Gasteiger partial charge on any atom is -0.352 e. The van der Waals surface area contributed by atoms with Crippen molar-refractivity contribution in [3.63, 3.8) is 0 Å². The van der Waals surface area contributed by atoms with Gasteiger partial charge in [-0.3, -0.25) is 9.59 Å². The lowest BCUT2D eigenvalue weighted by molar-refractivity contribution is -0.122. The fraction of sp³-hybridized carbons (Fsp3) is 0.619. The lowest BCUT2D eigenvalue weighted by Crippen LogP contribution is -2.42. The summed E-state index contributed by atoms with van der Waals surface area (Å²) in [5.74, 6) is -0.320. The van der Waals surface area contributed by atoms with Crippen LogP contribution < -0.4 is 10.2 Å². The number of benzene rings is 1. The predicted octanol–water partition coefficient (Wildman–Crippen LogP) is 2.44. The summed E-state index contributed by atoms with van der Waals surface area (Å²) in [5.41, 5.74) is 1.60. The minimum absolute atomic E-state index is 0.00327. The Hall–Kier alpha value is -1.93. The molecular formula is C21H31N3O4S. The Bertz CT molecular complexity index is 876. The number of anilines is 1. The van der Waals surface area contributed by atoms with Crippen molar-refractivity contribution in [3.8, 4) is 0 Å². The molecular weight excluding hydrogens is 390 g/mol. The van der Waals surface area contributed by atoms with Gasteiger partial charge in [0.25, 0.3) is 0 Å². The maximum absolute atomic E-state index is 13.0. The molecule has 160 valence electrons. The summed E-state index contributed by atoms with van der Waals surface area (Å²) >= 11 is 0. The molecule has 1 aliphatic carbocycles. The van der Waals surface area contributed by atoms with Crippen molar-refractivity contribution in [3.05, 3.63) is 23.8 Å². The number of sulfonamides is 1. The molecule has 1 aliphatic heterocycles. The van der Waals surface area contributed by atoms with Crippen LogP contribution in [0.2, 0.25) is 0 Å². The van der Waals surface area contributed by atoms with E-state index in [-0.39, 0.29) is 35.3 Å². The molecule has 3 rings (SSSR count). The van der Waals surface area contributed by atoms with Gasteiger partial charge in [-0.2, -0.15) is 4.31 Å². The van der Waals surface area contributed by atoms with Gasteiger partial charge < -0.3 is 10.2 Å². The van der Waals surface area contributed by atoms with Crippen molar-refractivity contribution < 1.29 is 18.0 Å². The summed E-state index contributed by atoms with van der Waals surface area (Å²) in [5, 5.41) is 2.99. The van der Waals surface area contributed by atoms with Gasteiger partial charge in [0, 0.05) is 31.7 Å². The second-order valence-electron chi connectivity index (χ2n) is 8.25. The van der Waals surface area contributed by atoms with Gasteiger partial charge in [0.1, 0.15) is 0 Å². The van der Waals surface area contributed by atoms with Crippen LogP contribution >= 0.6 is 0 Å². The first-order valence-corrected chi connectivity index (χ1v) is 11.8. The fourth-order valence-corrected chi connectivity index (χ4v) is 5.59. The molecule has 0 radical (unpaired) electrons. The van der Waals surface area contributed by atoms with Gasteiger partial charge in [-0.1, -0.05) is 25.7 Å². The molecule has 0 spiro atoms. The van der Waals surface area contributed by atoms with Gasteiger partial charge in [-0.15, -0.1) is 0 Å². The first-order chi connectivity index (χ1) is 13.7. The van der Waals surface area contributed by atoms with Crippen molar-refractivity contribution >= 4 is 27.5 Å². The maximum Gasteiger partial charge on any atom is 0.243 e. The zero-order valence-corrected chi connectivity index (χ0v) is 18.3. The summed E-state index contributed by atoms with van der Waals surface area (Å²) in [7, 11) is -2.36. The van der Waals surface area contributed by atoms with Crippen LogP contribution in [0, 0.1) is 0 Å². The van der Waals surface area contributed by atoms with E-state index in [1.807, 2.05) is 6.92 Å². The van der Waals surface area contributed by atoms with Crippen molar-refractivity contribution in [1.82, 2.24) is 9.62 Å². The first kappa shape index (κ1) is 21.8. The van der Waals surface area contributed by atoms with Crippen molar-refractivity contribution in [2.75, 3.05) is 18.5 Å². The normalized spacial score (nSPS) is 20.4. The Morgan fingerprint density at radius 1 is 1.17 bits per heavy atom. The Balaban J connectivity index is 1.69. The zero-order valence-electron chi connectivity index (χ0n) is 17.5. The lowest BCUT2D eigenvalue weighted by Gasteiger charge is -2.22. The third-order valence-electron chi connectivity index (χ3n) is 5.90. The van der Waals surface area contributed by atoms with E-state index in [1.165, 1.54) is 32.9 Å². The van der Waals surface area contributed by atoms with Crippen LogP contribution in [0.15, 0.2) is 23.1 Å². The Morgan fingerprint density at radius 3 is 2.45 bits per heavy atom. The average Bonchev–Trinajstić information content (AvgIpc) is 2.79. The second kappa shape index (κ2) is 8.83. The SMILES string of the molecule is CC(=O)N1c2ccc(S(=O)(=O)N(C)CC(=O)NC3CCCCCC3)cc2CC1C. The summed E-state index contributed by atoms with van der Waals surface area (Å²) < 4.78 is 27.1. The number of carbonyl (C=O) groups is 2. The lowest BCUT2D eigenvalue weighted by atomic mass is 10.1. The molecule has 2 amide bonds. The molecule has 7 nitrogen and oxygen atoms in total. The molecule has 29 heavy (non-hydrogen) atoms. The molecule has 1 aromatic rings. The Morgan fingerprint density at radius 2 is 1.83 bits per heavy atom. The molecule has 1 saturated carbocycles. The Labute approximate surface area is 173 Å². The highest BCUT2D eigenvalue weighted by molar-refractivity contribution is 7.89. The highest BCUT2D eigenvalue weighted by Gasteiger charge is 2.31. The summed E-state index contributed by atoms with van der Waals surface area (Å²) in [6.45, 7) is 3.25. The smallest absolute Gasteiger partial charge is 0.243 e.